The van der Waals surface area contributed by atoms with Crippen molar-refractivity contribution < 1.29 is 14.6 Å². The Balaban J connectivity index is 1.56. The Labute approximate surface area is 166 Å². The van der Waals surface area contributed by atoms with E-state index in [2.05, 4.69) is 42.6 Å². The molecule has 3 aromatic carbocycles. The molecule has 2 atom stereocenters. The summed E-state index contributed by atoms with van der Waals surface area (Å²) in [5, 5.41) is 16.3. The highest BCUT2D eigenvalue weighted by Gasteiger charge is 2.12. The molecular formula is C24H27NO3. The summed E-state index contributed by atoms with van der Waals surface area (Å²) in [4.78, 5) is 11.7. The van der Waals surface area contributed by atoms with Crippen LogP contribution >= 0.6 is 0 Å². The third kappa shape index (κ3) is 4.97. The number of esters is 1. The van der Waals surface area contributed by atoms with E-state index >= 15 is 0 Å². The van der Waals surface area contributed by atoms with Crippen LogP contribution in [-0.4, -0.2) is 30.3 Å². The first kappa shape index (κ1) is 20.1. The van der Waals surface area contributed by atoms with Gasteiger partial charge in [0.1, 0.15) is 0 Å². The van der Waals surface area contributed by atoms with Crippen LogP contribution < -0.4 is 5.32 Å². The van der Waals surface area contributed by atoms with Crippen LogP contribution in [0.3, 0.4) is 0 Å². The second-order valence-corrected chi connectivity index (χ2v) is 6.97. The van der Waals surface area contributed by atoms with E-state index < -0.39 is 6.10 Å². The smallest absolute Gasteiger partial charge is 0.338 e. The number of aliphatic hydroxyl groups is 1. The van der Waals surface area contributed by atoms with Gasteiger partial charge in [0.15, 0.2) is 0 Å². The standard InChI is InChI=1S/C24H27NO3/c1-3-28-24(27)20-13-11-18(12-14-20)15-21(26)16-25-17(2)22-10-6-8-19-7-4-5-9-23(19)22/h4-14,17,21,25-26H,3,15-16H2,1-2H3. The average Bonchev–Trinajstić information content (AvgIpc) is 2.72. The Morgan fingerprint density at radius 2 is 1.75 bits per heavy atom. The lowest BCUT2D eigenvalue weighted by molar-refractivity contribution is 0.0526. The van der Waals surface area contributed by atoms with Crippen molar-refractivity contribution >= 4 is 16.7 Å². The van der Waals surface area contributed by atoms with Crippen LogP contribution in [0, 0.1) is 0 Å². The molecule has 0 aliphatic carbocycles. The van der Waals surface area contributed by atoms with Crippen LogP contribution in [0.25, 0.3) is 10.8 Å². The van der Waals surface area contributed by atoms with Crippen molar-refractivity contribution in [1.82, 2.24) is 5.32 Å². The topological polar surface area (TPSA) is 58.6 Å². The SMILES string of the molecule is CCOC(=O)c1ccc(CC(O)CNC(C)c2cccc3ccccc23)cc1. The summed E-state index contributed by atoms with van der Waals surface area (Å²) in [5.41, 5.74) is 2.74. The molecule has 0 aliphatic heterocycles. The van der Waals surface area contributed by atoms with Crippen molar-refractivity contribution in [1.29, 1.82) is 0 Å². The third-order valence-corrected chi connectivity index (χ3v) is 4.89. The summed E-state index contributed by atoms with van der Waals surface area (Å²) < 4.78 is 4.99. The quantitative estimate of drug-likeness (QED) is 0.576. The minimum absolute atomic E-state index is 0.131. The number of nitrogens with one attached hydrogen (secondary N) is 1. The van der Waals surface area contributed by atoms with E-state index in [-0.39, 0.29) is 12.0 Å². The van der Waals surface area contributed by atoms with Crippen molar-refractivity contribution in [3.05, 3.63) is 83.4 Å². The summed E-state index contributed by atoms with van der Waals surface area (Å²) in [6.45, 7) is 4.75. The molecule has 0 fully saturated rings. The Bertz CT molecular complexity index is 915. The molecule has 146 valence electrons. The van der Waals surface area contributed by atoms with Crippen molar-refractivity contribution in [2.24, 2.45) is 0 Å². The third-order valence-electron chi connectivity index (χ3n) is 4.89. The molecule has 0 saturated heterocycles. The second kappa shape index (κ2) is 9.49. The maximum absolute atomic E-state index is 11.7. The lowest BCUT2D eigenvalue weighted by atomic mass is 9.99. The summed E-state index contributed by atoms with van der Waals surface area (Å²) in [5.74, 6) is -0.319. The van der Waals surface area contributed by atoms with Gasteiger partial charge in [0, 0.05) is 12.6 Å². The van der Waals surface area contributed by atoms with Gasteiger partial charge >= 0.3 is 5.97 Å². The van der Waals surface area contributed by atoms with Gasteiger partial charge in [-0.15, -0.1) is 0 Å². The highest BCUT2D eigenvalue weighted by molar-refractivity contribution is 5.89. The van der Waals surface area contributed by atoms with E-state index in [4.69, 9.17) is 4.74 Å². The van der Waals surface area contributed by atoms with Crippen LogP contribution in [0.5, 0.6) is 0 Å². The van der Waals surface area contributed by atoms with E-state index in [1.807, 2.05) is 24.3 Å². The molecule has 0 bridgehead atoms. The normalized spacial score (nSPS) is 13.2. The molecule has 0 aromatic heterocycles. The molecular weight excluding hydrogens is 350 g/mol. The van der Waals surface area contributed by atoms with Gasteiger partial charge in [0.05, 0.1) is 18.3 Å². The number of rotatable bonds is 8. The van der Waals surface area contributed by atoms with Gasteiger partial charge in [-0.25, -0.2) is 4.79 Å². The molecule has 2 unspecified atom stereocenters. The van der Waals surface area contributed by atoms with Gasteiger partial charge in [-0.1, -0.05) is 54.6 Å². The van der Waals surface area contributed by atoms with Gasteiger partial charge in [0.2, 0.25) is 0 Å². The predicted molar refractivity (Wildman–Crippen MR) is 112 cm³/mol. The Morgan fingerprint density at radius 1 is 1.04 bits per heavy atom. The van der Waals surface area contributed by atoms with E-state index in [0.29, 0.717) is 25.1 Å². The van der Waals surface area contributed by atoms with Crippen molar-refractivity contribution in [3.63, 3.8) is 0 Å². The van der Waals surface area contributed by atoms with Gasteiger partial charge in [0.25, 0.3) is 0 Å². The first-order valence-corrected chi connectivity index (χ1v) is 9.73. The summed E-state index contributed by atoms with van der Waals surface area (Å²) >= 11 is 0. The number of fused-ring (bicyclic) bond motifs is 1. The summed E-state index contributed by atoms with van der Waals surface area (Å²) in [7, 11) is 0. The Kier molecular flexibility index (Phi) is 6.80. The molecule has 3 aromatic rings. The van der Waals surface area contributed by atoms with E-state index in [1.54, 1.807) is 19.1 Å². The van der Waals surface area contributed by atoms with Gasteiger partial charge < -0.3 is 15.2 Å². The number of hydrogen-bond acceptors (Lipinski definition) is 4. The lowest BCUT2D eigenvalue weighted by Crippen LogP contribution is -2.30. The van der Waals surface area contributed by atoms with Gasteiger partial charge in [-0.2, -0.15) is 0 Å². The van der Waals surface area contributed by atoms with Gasteiger partial charge in [-0.3, -0.25) is 0 Å². The fraction of sp³-hybridized carbons (Fsp3) is 0.292. The number of hydrogen-bond donors (Lipinski definition) is 2. The molecule has 2 N–H and O–H groups in total. The minimum atomic E-state index is -0.508. The number of benzene rings is 3. The molecule has 0 radical (unpaired) electrons. The zero-order valence-corrected chi connectivity index (χ0v) is 16.4. The maximum atomic E-state index is 11.7. The van der Waals surface area contributed by atoms with Crippen molar-refractivity contribution in [2.75, 3.05) is 13.2 Å². The van der Waals surface area contributed by atoms with Crippen LogP contribution in [0.4, 0.5) is 0 Å². The summed E-state index contributed by atoms with van der Waals surface area (Å²) in [6.07, 6.45) is 0.0177. The molecule has 0 aliphatic rings. The van der Waals surface area contributed by atoms with Crippen LogP contribution in [0.1, 0.15) is 41.4 Å². The molecule has 4 heteroatoms. The number of aliphatic hydroxyl groups excluding tert-OH is 1. The van der Waals surface area contributed by atoms with Crippen molar-refractivity contribution in [2.45, 2.75) is 32.4 Å². The zero-order chi connectivity index (χ0) is 19.9. The molecule has 3 rings (SSSR count). The number of carbonyl (C=O) groups excluding carboxylic acids is 1. The fourth-order valence-electron chi connectivity index (χ4n) is 3.39. The maximum Gasteiger partial charge on any atom is 0.338 e. The monoisotopic (exact) mass is 377 g/mol. The largest absolute Gasteiger partial charge is 0.462 e. The second-order valence-electron chi connectivity index (χ2n) is 6.97. The van der Waals surface area contributed by atoms with Crippen molar-refractivity contribution in [3.8, 4) is 0 Å². The summed E-state index contributed by atoms with van der Waals surface area (Å²) in [6, 6.07) is 22.0. The Hall–Kier alpha value is -2.69. The molecule has 0 amide bonds. The van der Waals surface area contributed by atoms with E-state index in [1.165, 1.54) is 16.3 Å². The highest BCUT2D eigenvalue weighted by Crippen LogP contribution is 2.24. The molecule has 0 spiro atoms. The van der Waals surface area contributed by atoms with Crippen LogP contribution in [0.2, 0.25) is 0 Å². The number of carbonyl (C=O) groups is 1. The first-order chi connectivity index (χ1) is 13.6. The predicted octanol–water partition coefficient (Wildman–Crippen LogP) is 4.27. The lowest BCUT2D eigenvalue weighted by Gasteiger charge is -2.19. The van der Waals surface area contributed by atoms with Crippen LogP contribution in [0.15, 0.2) is 66.7 Å². The highest BCUT2D eigenvalue weighted by atomic mass is 16.5. The van der Waals surface area contributed by atoms with E-state index in [0.717, 1.165) is 5.56 Å². The fourth-order valence-corrected chi connectivity index (χ4v) is 3.39. The molecule has 0 heterocycles. The zero-order valence-electron chi connectivity index (χ0n) is 16.4. The molecule has 0 saturated carbocycles. The van der Waals surface area contributed by atoms with Gasteiger partial charge in [-0.05, 0) is 54.3 Å². The number of ether oxygens (including phenoxy) is 1. The minimum Gasteiger partial charge on any atom is -0.462 e. The average molecular weight is 377 g/mol. The molecule has 28 heavy (non-hydrogen) atoms. The Morgan fingerprint density at radius 3 is 2.50 bits per heavy atom. The van der Waals surface area contributed by atoms with Crippen LogP contribution in [-0.2, 0) is 11.2 Å². The molecule has 4 nitrogen and oxygen atoms in total. The first-order valence-electron chi connectivity index (χ1n) is 9.73. The van der Waals surface area contributed by atoms with E-state index in [9.17, 15) is 9.90 Å².